The van der Waals surface area contributed by atoms with E-state index in [1.165, 1.54) is 12.1 Å². The molecule has 2 fully saturated rings. The van der Waals surface area contributed by atoms with Gasteiger partial charge >= 0.3 is 5.97 Å². The van der Waals surface area contributed by atoms with E-state index >= 15 is 0 Å². The molecule has 2 saturated heterocycles. The summed E-state index contributed by atoms with van der Waals surface area (Å²) in [6.07, 6.45) is 0.188. The molecule has 4 heterocycles. The average molecular weight is 791 g/mol. The molecule has 302 valence electrons. The molecule has 15 heteroatoms. The number of rotatable bonds is 10. The predicted molar refractivity (Wildman–Crippen MR) is 216 cm³/mol. The number of benzene rings is 3. The molecule has 0 spiro atoms. The molecule has 0 aliphatic carbocycles. The molecular weight excluding hydrogens is 745 g/mol. The zero-order valence-corrected chi connectivity index (χ0v) is 33.1. The number of ether oxygens (including phenoxy) is 1. The number of carbonyl (C=O) groups excluding carboxylic acids is 6. The molecule has 0 radical (unpaired) electrons. The Morgan fingerprint density at radius 1 is 0.931 bits per heavy atom. The molecule has 3 aliphatic heterocycles. The highest BCUT2D eigenvalue weighted by Gasteiger charge is 2.45. The van der Waals surface area contributed by atoms with Crippen LogP contribution in [-0.4, -0.2) is 89.7 Å². The number of anilines is 3. The lowest BCUT2D eigenvalue weighted by Crippen LogP contribution is -2.54. The van der Waals surface area contributed by atoms with E-state index < -0.39 is 41.2 Å². The Hall–Kier alpha value is -6.51. The summed E-state index contributed by atoms with van der Waals surface area (Å²) in [7, 11) is 0. The summed E-state index contributed by atoms with van der Waals surface area (Å²) in [5.41, 5.74) is 2.82. The van der Waals surface area contributed by atoms with E-state index in [1.807, 2.05) is 57.7 Å². The third-order valence-corrected chi connectivity index (χ3v) is 10.4. The normalized spacial score (nSPS) is 17.6. The van der Waals surface area contributed by atoms with Gasteiger partial charge in [-0.25, -0.2) is 4.79 Å². The van der Waals surface area contributed by atoms with Crippen LogP contribution in [0.5, 0.6) is 0 Å². The predicted octanol–water partition coefficient (Wildman–Crippen LogP) is 4.78. The molecule has 0 saturated carbocycles. The van der Waals surface area contributed by atoms with Gasteiger partial charge in [0.25, 0.3) is 11.8 Å². The number of imide groups is 2. The molecule has 3 aromatic carbocycles. The zero-order chi connectivity index (χ0) is 41.5. The number of carbonyl (C=O) groups is 6. The van der Waals surface area contributed by atoms with E-state index in [4.69, 9.17) is 9.15 Å². The monoisotopic (exact) mass is 790 g/mol. The maximum absolute atomic E-state index is 13.5. The average Bonchev–Trinajstić information content (AvgIpc) is 3.43. The molecule has 5 amide bonds. The Kier molecular flexibility index (Phi) is 10.8. The minimum absolute atomic E-state index is 0.0232. The van der Waals surface area contributed by atoms with Crippen LogP contribution in [0.15, 0.2) is 69.9 Å². The topological polar surface area (TPSA) is 188 Å². The summed E-state index contributed by atoms with van der Waals surface area (Å²) in [4.78, 5) is 95.2. The third kappa shape index (κ3) is 8.02. The van der Waals surface area contributed by atoms with Crippen LogP contribution in [0.4, 0.5) is 17.3 Å². The van der Waals surface area contributed by atoms with Crippen LogP contribution in [0, 0.1) is 6.92 Å². The lowest BCUT2D eigenvalue weighted by molar-refractivity contribution is -0.136. The van der Waals surface area contributed by atoms with Gasteiger partial charge in [0.15, 0.2) is 11.3 Å². The van der Waals surface area contributed by atoms with Gasteiger partial charge in [-0.15, -0.1) is 0 Å². The molecule has 7 rings (SSSR count). The summed E-state index contributed by atoms with van der Waals surface area (Å²) in [6, 6.07) is 15.7. The smallest absolute Gasteiger partial charge is 0.340 e. The fraction of sp³-hybridized carbons (Fsp3) is 0.372. The highest BCUT2D eigenvalue weighted by molar-refractivity contribution is 6.25. The molecule has 3 aliphatic rings. The number of hydrogen-bond donors (Lipinski definition) is 3. The standard InChI is InChI=1S/C43H46N6O9/c1-24-21-28(25(2)45-30-11-7-6-9-26(30)42(56)58-43(3,4)5)38-29(22-24)33(50)23-36(57-38)48-19-17-47(18-20-48)35(52)15-16-44-31-12-8-10-27-37(31)41(55)49(40(27)54)32-13-14-34(51)46-39(32)53/h6-12,21-23,25,32,44-45H,13-20H2,1-5H3,(H,46,51,53)/t25-,32?/m1/s1. The Morgan fingerprint density at radius 3 is 2.38 bits per heavy atom. The molecule has 58 heavy (non-hydrogen) atoms. The van der Waals surface area contributed by atoms with Crippen molar-refractivity contribution in [3.05, 3.63) is 98.7 Å². The largest absolute Gasteiger partial charge is 0.456 e. The van der Waals surface area contributed by atoms with Gasteiger partial charge in [0.05, 0.1) is 28.1 Å². The summed E-state index contributed by atoms with van der Waals surface area (Å²) < 4.78 is 12.1. The molecule has 15 nitrogen and oxygen atoms in total. The highest BCUT2D eigenvalue weighted by Crippen LogP contribution is 2.34. The maximum atomic E-state index is 13.5. The van der Waals surface area contributed by atoms with E-state index in [9.17, 15) is 33.6 Å². The number of amides is 5. The fourth-order valence-electron chi connectivity index (χ4n) is 7.63. The van der Waals surface area contributed by atoms with Gasteiger partial charge in [-0.2, -0.15) is 0 Å². The van der Waals surface area contributed by atoms with Crippen molar-refractivity contribution in [2.75, 3.05) is 48.3 Å². The van der Waals surface area contributed by atoms with Crippen molar-refractivity contribution in [1.82, 2.24) is 15.1 Å². The minimum Gasteiger partial charge on any atom is -0.456 e. The number of nitrogens with zero attached hydrogens (tertiary/aromatic N) is 3. The van der Waals surface area contributed by atoms with Crippen molar-refractivity contribution in [3.8, 4) is 0 Å². The van der Waals surface area contributed by atoms with Gasteiger partial charge in [0.2, 0.25) is 17.7 Å². The molecule has 1 unspecified atom stereocenters. The number of aryl methyl sites for hydroxylation is 1. The number of piperazine rings is 1. The van der Waals surface area contributed by atoms with E-state index in [0.29, 0.717) is 60.0 Å². The maximum Gasteiger partial charge on any atom is 0.340 e. The Morgan fingerprint density at radius 2 is 1.66 bits per heavy atom. The molecule has 0 bridgehead atoms. The number of fused-ring (bicyclic) bond motifs is 2. The molecule has 4 aromatic rings. The van der Waals surface area contributed by atoms with Crippen LogP contribution in [0.25, 0.3) is 11.0 Å². The van der Waals surface area contributed by atoms with Crippen LogP contribution < -0.4 is 26.3 Å². The first kappa shape index (κ1) is 39.7. The third-order valence-electron chi connectivity index (χ3n) is 10.4. The number of hydrogen-bond acceptors (Lipinski definition) is 12. The highest BCUT2D eigenvalue weighted by atomic mass is 16.6. The van der Waals surface area contributed by atoms with Crippen LogP contribution in [-0.2, 0) is 19.1 Å². The van der Waals surface area contributed by atoms with Crippen molar-refractivity contribution in [2.24, 2.45) is 0 Å². The van der Waals surface area contributed by atoms with Crippen molar-refractivity contribution in [1.29, 1.82) is 0 Å². The minimum atomic E-state index is -1.08. The number of para-hydroxylation sites is 1. The summed E-state index contributed by atoms with van der Waals surface area (Å²) >= 11 is 0. The van der Waals surface area contributed by atoms with Gasteiger partial charge in [-0.05, 0) is 76.9 Å². The van der Waals surface area contributed by atoms with E-state index in [0.717, 1.165) is 16.0 Å². The van der Waals surface area contributed by atoms with Gasteiger partial charge in [0.1, 0.15) is 17.2 Å². The van der Waals surface area contributed by atoms with Crippen LogP contribution in [0.2, 0.25) is 0 Å². The van der Waals surface area contributed by atoms with Gasteiger partial charge in [0, 0.05) is 68.6 Å². The molecule has 2 atom stereocenters. The Bertz CT molecular complexity index is 2410. The van der Waals surface area contributed by atoms with Gasteiger partial charge in [-0.3, -0.25) is 39.0 Å². The van der Waals surface area contributed by atoms with Crippen molar-refractivity contribution in [3.63, 3.8) is 0 Å². The van der Waals surface area contributed by atoms with Gasteiger partial charge < -0.3 is 29.6 Å². The first-order valence-corrected chi connectivity index (χ1v) is 19.4. The molecule has 1 aromatic heterocycles. The summed E-state index contributed by atoms with van der Waals surface area (Å²) in [5, 5.41) is 9.19. The summed E-state index contributed by atoms with van der Waals surface area (Å²) in [5.74, 6) is -2.54. The lowest BCUT2D eigenvalue weighted by atomic mass is 10.0. The summed E-state index contributed by atoms with van der Waals surface area (Å²) in [6.45, 7) is 11.1. The van der Waals surface area contributed by atoms with Crippen LogP contribution >= 0.6 is 0 Å². The fourth-order valence-corrected chi connectivity index (χ4v) is 7.63. The molecule has 3 N–H and O–H groups in total. The second-order valence-electron chi connectivity index (χ2n) is 15.8. The van der Waals surface area contributed by atoms with Crippen LogP contribution in [0.3, 0.4) is 0 Å². The second-order valence-corrected chi connectivity index (χ2v) is 15.8. The first-order chi connectivity index (χ1) is 27.6. The quantitative estimate of drug-likeness (QED) is 0.148. The van der Waals surface area contributed by atoms with E-state index in [1.54, 1.807) is 35.2 Å². The van der Waals surface area contributed by atoms with Gasteiger partial charge in [-0.1, -0.05) is 24.3 Å². The van der Waals surface area contributed by atoms with Crippen LogP contribution in [0.1, 0.15) is 95.2 Å². The Labute approximate surface area is 334 Å². The first-order valence-electron chi connectivity index (χ1n) is 19.4. The van der Waals surface area contributed by atoms with E-state index in [2.05, 4.69) is 16.0 Å². The number of esters is 1. The van der Waals surface area contributed by atoms with Crippen molar-refractivity contribution < 1.29 is 37.9 Å². The zero-order valence-electron chi connectivity index (χ0n) is 33.1. The second kappa shape index (κ2) is 15.8. The number of piperidine rings is 1. The van der Waals surface area contributed by atoms with E-state index in [-0.39, 0.29) is 54.3 Å². The van der Waals surface area contributed by atoms with Crippen molar-refractivity contribution in [2.45, 2.75) is 71.6 Å². The Balaban J connectivity index is 0.993. The SMILES string of the molecule is Cc1cc([C@@H](C)Nc2ccccc2C(=O)OC(C)(C)C)c2oc(N3CCN(C(=O)CCNc4cccc5c4C(=O)N(C4CCC(=O)NC4=O)C5=O)CC3)cc(=O)c2c1. The van der Waals surface area contributed by atoms with Crippen molar-refractivity contribution >= 4 is 63.7 Å². The lowest BCUT2D eigenvalue weighted by Gasteiger charge is -2.35. The number of nitrogens with one attached hydrogen (secondary N) is 3. The molecular formula is C43H46N6O9.